The molecule has 94 valence electrons. The van der Waals surface area contributed by atoms with Gasteiger partial charge in [0.1, 0.15) is 9.92 Å². The zero-order chi connectivity index (χ0) is 13.4. The molecule has 0 bridgehead atoms. The molecule has 0 saturated carbocycles. The third kappa shape index (κ3) is 2.99. The highest BCUT2D eigenvalue weighted by Gasteiger charge is 2.30. The van der Waals surface area contributed by atoms with Crippen LogP contribution in [0.25, 0.3) is 0 Å². The minimum atomic E-state index is -4.48. The van der Waals surface area contributed by atoms with E-state index in [9.17, 15) is 27.3 Å². The second-order valence-electron chi connectivity index (χ2n) is 2.67. The van der Waals surface area contributed by atoms with Crippen LogP contribution < -0.4 is 0 Å². The number of rotatable bonds is 3. The molecule has 0 aliphatic heterocycles. The summed E-state index contributed by atoms with van der Waals surface area (Å²) in [5.41, 5.74) is -1.21. The number of nitro groups is 1. The molecule has 0 aromatic carbocycles. The van der Waals surface area contributed by atoms with Crippen molar-refractivity contribution in [3.63, 3.8) is 0 Å². The normalized spacial score (nSPS) is 11.8. The Labute approximate surface area is 103 Å². The number of halogens is 4. The van der Waals surface area contributed by atoms with Gasteiger partial charge in [-0.25, -0.2) is 17.2 Å². The van der Waals surface area contributed by atoms with Gasteiger partial charge >= 0.3 is 12.2 Å². The van der Waals surface area contributed by atoms with Crippen molar-refractivity contribution < 1.29 is 22.1 Å². The Morgan fingerprint density at radius 3 is 2.35 bits per heavy atom. The van der Waals surface area contributed by atoms with Crippen LogP contribution in [-0.4, -0.2) is 18.3 Å². The molecule has 0 radical (unpaired) electrons. The van der Waals surface area contributed by atoms with Gasteiger partial charge in [-0.05, 0) is 9.91 Å². The zero-order valence-electron chi connectivity index (χ0n) is 7.60. The largest absolute Gasteiger partial charge is 0.365 e. The van der Waals surface area contributed by atoms with Crippen LogP contribution in [0.3, 0.4) is 0 Å². The van der Waals surface area contributed by atoms with Gasteiger partial charge in [0.2, 0.25) is 5.69 Å². The lowest BCUT2D eigenvalue weighted by molar-refractivity contribution is -0.390. The average Bonchev–Trinajstić information content (AvgIpc) is 2.15. The van der Waals surface area contributed by atoms with Crippen molar-refractivity contribution in [2.24, 2.45) is 0 Å². The summed E-state index contributed by atoms with van der Waals surface area (Å²) in [7, 11) is 0.427. The lowest BCUT2D eigenvalue weighted by Crippen LogP contribution is -2.03. The van der Waals surface area contributed by atoms with E-state index in [4.69, 9.17) is 22.3 Å². The van der Waals surface area contributed by atoms with Gasteiger partial charge in [-0.2, -0.15) is 0 Å². The third-order valence-corrected chi connectivity index (χ3v) is 3.45. The highest BCUT2D eigenvalue weighted by atomic mass is 35.7. The van der Waals surface area contributed by atoms with Gasteiger partial charge in [0.25, 0.3) is 9.05 Å². The van der Waals surface area contributed by atoms with Crippen molar-refractivity contribution >= 4 is 37.2 Å². The van der Waals surface area contributed by atoms with Gasteiger partial charge in [-0.15, -0.1) is 0 Å². The molecule has 0 aliphatic carbocycles. The highest BCUT2D eigenvalue weighted by molar-refractivity contribution is 8.13. The average molecular weight is 307 g/mol. The van der Waals surface area contributed by atoms with Crippen molar-refractivity contribution in [3.05, 3.63) is 26.9 Å². The van der Waals surface area contributed by atoms with Crippen LogP contribution in [0.1, 0.15) is 12.1 Å². The number of nitrogens with zero attached hydrogens (tertiary/aromatic N) is 2. The monoisotopic (exact) mass is 306 g/mol. The fraction of sp³-hybridized carbons (Fsp3) is 0.167. The number of hydrogen-bond acceptors (Lipinski definition) is 5. The molecule has 0 N–H and O–H groups in total. The topological polar surface area (TPSA) is 90.2 Å². The molecule has 1 heterocycles. The zero-order valence-corrected chi connectivity index (χ0v) is 9.93. The van der Waals surface area contributed by atoms with Crippen molar-refractivity contribution in [1.82, 2.24) is 4.98 Å². The first kappa shape index (κ1) is 14.0. The van der Waals surface area contributed by atoms with E-state index in [2.05, 4.69) is 4.98 Å². The van der Waals surface area contributed by atoms with E-state index in [1.165, 1.54) is 0 Å². The first-order chi connectivity index (χ1) is 7.64. The van der Waals surface area contributed by atoms with E-state index < -0.39 is 41.8 Å². The summed E-state index contributed by atoms with van der Waals surface area (Å²) >= 11 is 5.34. The molecule has 0 aliphatic rings. The molecule has 0 atom stereocenters. The van der Waals surface area contributed by atoms with Crippen LogP contribution in [0.2, 0.25) is 5.02 Å². The molecule has 0 amide bonds. The van der Waals surface area contributed by atoms with Gasteiger partial charge in [0.15, 0.2) is 0 Å². The van der Waals surface area contributed by atoms with E-state index in [0.717, 1.165) is 0 Å². The van der Waals surface area contributed by atoms with Crippen molar-refractivity contribution in [2.45, 2.75) is 11.3 Å². The summed E-state index contributed by atoms with van der Waals surface area (Å²) in [4.78, 5) is 11.2. The van der Waals surface area contributed by atoms with Crippen LogP contribution in [0.4, 0.5) is 14.6 Å². The van der Waals surface area contributed by atoms with Crippen LogP contribution in [0.5, 0.6) is 0 Å². The molecule has 0 unspecified atom stereocenters. The van der Waals surface area contributed by atoms with E-state index >= 15 is 0 Å². The Morgan fingerprint density at radius 2 is 2.00 bits per heavy atom. The second kappa shape index (κ2) is 4.67. The molecule has 0 spiro atoms. The van der Waals surface area contributed by atoms with E-state index in [0.29, 0.717) is 6.07 Å². The van der Waals surface area contributed by atoms with Gasteiger partial charge in [-0.3, -0.25) is 0 Å². The van der Waals surface area contributed by atoms with Crippen molar-refractivity contribution in [3.8, 4) is 0 Å². The Balaban J connectivity index is 3.67. The highest BCUT2D eigenvalue weighted by Crippen LogP contribution is 2.34. The number of pyridine rings is 1. The number of alkyl halides is 2. The van der Waals surface area contributed by atoms with Crippen molar-refractivity contribution in [1.29, 1.82) is 0 Å². The maximum atomic E-state index is 12.4. The Kier molecular flexibility index (Phi) is 3.84. The lowest BCUT2D eigenvalue weighted by Gasteiger charge is -2.03. The van der Waals surface area contributed by atoms with Crippen LogP contribution in [0.15, 0.2) is 11.0 Å². The molecule has 1 aromatic rings. The van der Waals surface area contributed by atoms with Crippen molar-refractivity contribution in [2.75, 3.05) is 0 Å². The predicted molar refractivity (Wildman–Crippen MR) is 53.9 cm³/mol. The van der Waals surface area contributed by atoms with E-state index in [1.807, 2.05) is 0 Å². The quantitative estimate of drug-likeness (QED) is 0.486. The SMILES string of the molecule is O=[N+]([O-])c1cc(S(=O)(=O)Cl)c(Cl)c(C(F)F)n1. The summed E-state index contributed by atoms with van der Waals surface area (Å²) in [6.07, 6.45) is -3.26. The Hall–Kier alpha value is -1.06. The Bertz CT molecular complexity index is 578. The fourth-order valence-electron chi connectivity index (χ4n) is 0.927. The second-order valence-corrected chi connectivity index (χ2v) is 5.59. The lowest BCUT2D eigenvalue weighted by atomic mass is 10.3. The maximum absolute atomic E-state index is 12.4. The first-order valence-electron chi connectivity index (χ1n) is 3.72. The van der Waals surface area contributed by atoms with Gasteiger partial charge < -0.3 is 10.1 Å². The summed E-state index contributed by atoms with van der Waals surface area (Å²) in [6.45, 7) is 0. The van der Waals surface area contributed by atoms with Crippen LogP contribution >= 0.6 is 22.3 Å². The van der Waals surface area contributed by atoms with Gasteiger partial charge in [0, 0.05) is 10.7 Å². The first-order valence-corrected chi connectivity index (χ1v) is 6.41. The minimum Gasteiger partial charge on any atom is -0.358 e. The Morgan fingerprint density at radius 1 is 1.47 bits per heavy atom. The smallest absolute Gasteiger partial charge is 0.358 e. The predicted octanol–water partition coefficient (Wildman–Crippen LogP) is 2.51. The molecule has 1 rings (SSSR count). The summed E-state index contributed by atoms with van der Waals surface area (Å²) in [5.74, 6) is -1.08. The molecule has 0 saturated heterocycles. The molecule has 11 heteroatoms. The summed E-state index contributed by atoms with van der Waals surface area (Å²) < 4.78 is 46.8. The minimum absolute atomic E-state index is 0.413. The summed E-state index contributed by atoms with van der Waals surface area (Å²) in [5, 5.41) is 9.45. The van der Waals surface area contributed by atoms with Gasteiger partial charge in [-0.1, -0.05) is 11.6 Å². The standard InChI is InChI=1S/C6H2Cl2F2N2O4S/c7-4-2(17(8,15)16)1-3(12(13)14)11-5(4)6(9)10/h1,6H. The third-order valence-electron chi connectivity index (χ3n) is 1.59. The molecule has 0 fully saturated rings. The van der Waals surface area contributed by atoms with Crippen LogP contribution in [0, 0.1) is 10.1 Å². The van der Waals surface area contributed by atoms with E-state index in [1.54, 1.807) is 0 Å². The maximum Gasteiger partial charge on any atom is 0.365 e. The fourth-order valence-corrected chi connectivity index (χ4v) is 2.46. The number of hydrogen-bond donors (Lipinski definition) is 0. The summed E-state index contributed by atoms with van der Waals surface area (Å²) in [6, 6.07) is 0.413. The molecule has 17 heavy (non-hydrogen) atoms. The molecular weight excluding hydrogens is 305 g/mol. The molecular formula is C6H2Cl2F2N2O4S. The van der Waals surface area contributed by atoms with E-state index in [-0.39, 0.29) is 0 Å². The molecule has 6 nitrogen and oxygen atoms in total. The van der Waals surface area contributed by atoms with Crippen LogP contribution in [-0.2, 0) is 9.05 Å². The molecule has 1 aromatic heterocycles. The van der Waals surface area contributed by atoms with Gasteiger partial charge in [0.05, 0.1) is 6.07 Å². The number of aromatic nitrogens is 1.